The third kappa shape index (κ3) is 4.49. The molecule has 0 aliphatic heterocycles. The van der Waals surface area contributed by atoms with Gasteiger partial charge in [-0.15, -0.1) is 0 Å². The van der Waals surface area contributed by atoms with Crippen molar-refractivity contribution < 1.29 is 14.6 Å². The highest BCUT2D eigenvalue weighted by Gasteiger charge is 2.13. The van der Waals surface area contributed by atoms with E-state index in [1.54, 1.807) is 6.07 Å². The van der Waals surface area contributed by atoms with Gasteiger partial charge in [0.25, 0.3) is 0 Å². The summed E-state index contributed by atoms with van der Waals surface area (Å²) in [5.41, 5.74) is 0.750. The molecule has 1 N–H and O–H groups in total. The van der Waals surface area contributed by atoms with Crippen LogP contribution in [0.5, 0.6) is 0 Å². The molecule has 1 atom stereocenters. The highest BCUT2D eigenvalue weighted by atomic mass is 127. The third-order valence-corrected chi connectivity index (χ3v) is 2.73. The van der Waals surface area contributed by atoms with Crippen LogP contribution in [0.25, 0.3) is 0 Å². The summed E-state index contributed by atoms with van der Waals surface area (Å²) in [6.45, 7) is 2.35. The van der Waals surface area contributed by atoms with Gasteiger partial charge in [-0.1, -0.05) is 19.1 Å². The van der Waals surface area contributed by atoms with E-state index in [1.165, 1.54) is 0 Å². The van der Waals surface area contributed by atoms with Crippen LogP contribution >= 0.6 is 22.6 Å². The monoisotopic (exact) mass is 334 g/mol. The zero-order chi connectivity index (χ0) is 12.0. The lowest BCUT2D eigenvalue weighted by Crippen LogP contribution is -2.10. The molecule has 0 fully saturated rings. The zero-order valence-corrected chi connectivity index (χ0v) is 11.3. The topological polar surface area (TPSA) is 46.5 Å². The molecule has 88 valence electrons. The molecule has 16 heavy (non-hydrogen) atoms. The van der Waals surface area contributed by atoms with Gasteiger partial charge in [0.15, 0.2) is 0 Å². The first kappa shape index (κ1) is 13.4. The average Bonchev–Trinajstić information content (AvgIpc) is 2.26. The molecule has 0 unspecified atom stereocenters. The van der Waals surface area contributed by atoms with E-state index in [2.05, 4.69) is 22.6 Å². The van der Waals surface area contributed by atoms with E-state index in [-0.39, 0.29) is 12.4 Å². The van der Waals surface area contributed by atoms with Crippen LogP contribution in [-0.4, -0.2) is 17.7 Å². The Morgan fingerprint density at radius 1 is 1.56 bits per heavy atom. The van der Waals surface area contributed by atoms with Crippen LogP contribution < -0.4 is 0 Å². The predicted molar refractivity (Wildman–Crippen MR) is 70.0 cm³/mol. The first-order chi connectivity index (χ1) is 7.63. The second-order valence-electron chi connectivity index (χ2n) is 3.50. The lowest BCUT2D eigenvalue weighted by Gasteiger charge is -2.10. The first-order valence-electron chi connectivity index (χ1n) is 5.22. The molecular formula is C12H15IO3. The van der Waals surface area contributed by atoms with Gasteiger partial charge in [0.05, 0.1) is 19.1 Å². The van der Waals surface area contributed by atoms with Crippen molar-refractivity contribution in [1.82, 2.24) is 0 Å². The molecule has 4 heteroatoms. The lowest BCUT2D eigenvalue weighted by atomic mass is 10.1. The van der Waals surface area contributed by atoms with Crippen molar-refractivity contribution in [3.63, 3.8) is 0 Å². The Morgan fingerprint density at radius 2 is 2.31 bits per heavy atom. The second kappa shape index (κ2) is 6.85. The van der Waals surface area contributed by atoms with Gasteiger partial charge in [0.1, 0.15) is 0 Å². The summed E-state index contributed by atoms with van der Waals surface area (Å²) in [5, 5.41) is 9.81. The minimum absolute atomic E-state index is 0.0140. The molecule has 0 aromatic heterocycles. The SMILES string of the molecule is CCCOC(=O)C[C@H](O)c1cccc(I)c1. The second-order valence-corrected chi connectivity index (χ2v) is 4.74. The standard InChI is InChI=1S/C12H15IO3/c1-2-6-16-12(15)8-11(14)9-4-3-5-10(13)7-9/h3-5,7,11,14H,2,6,8H2,1H3/t11-/m0/s1. The minimum Gasteiger partial charge on any atom is -0.466 e. The maximum atomic E-state index is 11.3. The molecule has 0 heterocycles. The number of ether oxygens (including phenoxy) is 1. The molecule has 1 aromatic rings. The number of esters is 1. The molecule has 0 saturated carbocycles. The van der Waals surface area contributed by atoms with E-state index in [9.17, 15) is 9.90 Å². The summed E-state index contributed by atoms with van der Waals surface area (Å²) in [4.78, 5) is 11.3. The lowest BCUT2D eigenvalue weighted by molar-refractivity contribution is -0.146. The van der Waals surface area contributed by atoms with Gasteiger partial charge >= 0.3 is 5.97 Å². The summed E-state index contributed by atoms with van der Waals surface area (Å²) in [6.07, 6.45) is 0.0320. The average molecular weight is 334 g/mol. The number of rotatable bonds is 5. The van der Waals surface area contributed by atoms with Crippen molar-refractivity contribution in [2.75, 3.05) is 6.61 Å². The maximum Gasteiger partial charge on any atom is 0.308 e. The summed E-state index contributed by atoms with van der Waals surface area (Å²) in [6, 6.07) is 7.46. The number of hydrogen-bond acceptors (Lipinski definition) is 3. The maximum absolute atomic E-state index is 11.3. The third-order valence-electron chi connectivity index (χ3n) is 2.06. The number of benzene rings is 1. The largest absolute Gasteiger partial charge is 0.466 e. The van der Waals surface area contributed by atoms with Crippen molar-refractivity contribution in [2.24, 2.45) is 0 Å². The van der Waals surface area contributed by atoms with Crippen LogP contribution in [0, 0.1) is 3.57 Å². The van der Waals surface area contributed by atoms with Crippen molar-refractivity contribution >= 4 is 28.6 Å². The van der Waals surface area contributed by atoms with Crippen molar-refractivity contribution in [3.05, 3.63) is 33.4 Å². The van der Waals surface area contributed by atoms with Gasteiger partial charge in [0, 0.05) is 3.57 Å². The summed E-state index contributed by atoms with van der Waals surface area (Å²) >= 11 is 2.17. The molecule has 0 aliphatic carbocycles. The van der Waals surface area contributed by atoms with E-state index in [4.69, 9.17) is 4.74 Å². The Labute approximate surface area is 109 Å². The fraction of sp³-hybridized carbons (Fsp3) is 0.417. The number of halogens is 1. The highest BCUT2D eigenvalue weighted by molar-refractivity contribution is 14.1. The van der Waals surface area contributed by atoms with Gasteiger partial charge in [-0.3, -0.25) is 4.79 Å². The van der Waals surface area contributed by atoms with Gasteiger partial charge < -0.3 is 9.84 Å². The van der Waals surface area contributed by atoms with Crippen molar-refractivity contribution in [3.8, 4) is 0 Å². The summed E-state index contributed by atoms with van der Waals surface area (Å²) < 4.78 is 5.95. The molecule has 0 radical (unpaired) electrons. The minimum atomic E-state index is -0.779. The zero-order valence-electron chi connectivity index (χ0n) is 9.15. The highest BCUT2D eigenvalue weighted by Crippen LogP contribution is 2.19. The van der Waals surface area contributed by atoms with Crippen LogP contribution in [0.3, 0.4) is 0 Å². The summed E-state index contributed by atoms with van der Waals surface area (Å²) in [5.74, 6) is -0.354. The number of hydrogen-bond donors (Lipinski definition) is 1. The number of aliphatic hydroxyl groups is 1. The van der Waals surface area contributed by atoms with Gasteiger partial charge in [-0.05, 0) is 46.7 Å². The molecule has 3 nitrogen and oxygen atoms in total. The summed E-state index contributed by atoms with van der Waals surface area (Å²) in [7, 11) is 0. The van der Waals surface area contributed by atoms with Gasteiger partial charge in [-0.2, -0.15) is 0 Å². The van der Waals surface area contributed by atoms with Crippen LogP contribution in [0.1, 0.15) is 31.4 Å². The smallest absolute Gasteiger partial charge is 0.308 e. The Hall–Kier alpha value is -0.620. The van der Waals surface area contributed by atoms with E-state index < -0.39 is 6.10 Å². The Bertz CT molecular complexity index is 352. The Balaban J connectivity index is 2.52. The van der Waals surface area contributed by atoms with Gasteiger partial charge in [-0.25, -0.2) is 0 Å². The molecule has 0 saturated heterocycles. The molecular weight excluding hydrogens is 319 g/mol. The van der Waals surface area contributed by atoms with Crippen LogP contribution in [0.15, 0.2) is 24.3 Å². The van der Waals surface area contributed by atoms with E-state index >= 15 is 0 Å². The number of carbonyl (C=O) groups excluding carboxylic acids is 1. The van der Waals surface area contributed by atoms with E-state index in [0.29, 0.717) is 6.61 Å². The fourth-order valence-corrected chi connectivity index (χ4v) is 1.83. The fourth-order valence-electron chi connectivity index (χ4n) is 1.26. The molecule has 0 spiro atoms. The predicted octanol–water partition coefficient (Wildman–Crippen LogP) is 2.67. The molecule has 0 aliphatic rings. The quantitative estimate of drug-likeness (QED) is 0.665. The van der Waals surface area contributed by atoms with Crippen LogP contribution in [0.4, 0.5) is 0 Å². The normalized spacial score (nSPS) is 12.2. The molecule has 1 aromatic carbocycles. The van der Waals surface area contributed by atoms with Crippen LogP contribution in [-0.2, 0) is 9.53 Å². The van der Waals surface area contributed by atoms with E-state index in [0.717, 1.165) is 15.6 Å². The molecule has 1 rings (SSSR count). The van der Waals surface area contributed by atoms with E-state index in [1.807, 2.05) is 25.1 Å². The molecule has 0 bridgehead atoms. The van der Waals surface area contributed by atoms with Gasteiger partial charge in [0.2, 0.25) is 0 Å². The van der Waals surface area contributed by atoms with Crippen molar-refractivity contribution in [2.45, 2.75) is 25.9 Å². The Morgan fingerprint density at radius 3 is 2.94 bits per heavy atom. The number of aliphatic hydroxyl groups excluding tert-OH is 1. The molecule has 0 amide bonds. The van der Waals surface area contributed by atoms with Crippen LogP contribution in [0.2, 0.25) is 0 Å². The van der Waals surface area contributed by atoms with Crippen molar-refractivity contribution in [1.29, 1.82) is 0 Å². The first-order valence-corrected chi connectivity index (χ1v) is 6.30. The number of carbonyl (C=O) groups is 1. The Kier molecular flexibility index (Phi) is 5.76.